The summed E-state index contributed by atoms with van der Waals surface area (Å²) in [5, 5.41) is 29.6. The van der Waals surface area contributed by atoms with Gasteiger partial charge in [0.15, 0.2) is 0 Å². The van der Waals surface area contributed by atoms with E-state index in [2.05, 4.69) is 5.32 Å². The van der Waals surface area contributed by atoms with Crippen LogP contribution in [0.3, 0.4) is 0 Å². The molecule has 0 aliphatic carbocycles. The number of aliphatic hydroxyl groups is 2. The van der Waals surface area contributed by atoms with Crippen LogP contribution in [0.15, 0.2) is 18.2 Å². The predicted octanol–water partition coefficient (Wildman–Crippen LogP) is 0.853. The first kappa shape index (κ1) is 12.4. The van der Waals surface area contributed by atoms with E-state index in [1.807, 2.05) is 6.07 Å². The van der Waals surface area contributed by atoms with Gasteiger partial charge in [-0.15, -0.1) is 0 Å². The second-order valence-electron chi connectivity index (χ2n) is 3.84. The van der Waals surface area contributed by atoms with Gasteiger partial charge < -0.3 is 15.5 Å². The molecule has 1 rings (SSSR count). The number of hydrogen-bond acceptors (Lipinski definition) is 4. The summed E-state index contributed by atoms with van der Waals surface area (Å²) in [6.45, 7) is 0.980. The molecule has 0 aromatic heterocycles. The number of nitrogens with zero attached hydrogens (tertiary/aromatic N) is 1. The molecule has 0 spiro atoms. The van der Waals surface area contributed by atoms with Crippen molar-refractivity contribution in [3.05, 3.63) is 29.6 Å². The highest BCUT2D eigenvalue weighted by Gasteiger charge is 2.22. The molecule has 0 unspecified atom stereocenters. The Morgan fingerprint density at radius 3 is 2.50 bits per heavy atom. The summed E-state index contributed by atoms with van der Waals surface area (Å²) in [4.78, 5) is 0. The molecule has 16 heavy (non-hydrogen) atoms. The molecule has 4 nitrogen and oxygen atoms in total. The first-order chi connectivity index (χ1) is 7.53. The molecule has 0 bridgehead atoms. The molecule has 0 atom stereocenters. The summed E-state index contributed by atoms with van der Waals surface area (Å²) in [6, 6.07) is 5.59. The Hall–Kier alpha value is -1.64. The maximum atomic E-state index is 13.1. The lowest BCUT2D eigenvalue weighted by molar-refractivity contribution is 0.147. The van der Waals surface area contributed by atoms with E-state index in [0.717, 1.165) is 6.07 Å². The Labute approximate surface area is 93.0 Å². The Bertz CT molecular complexity index is 411. The predicted molar refractivity (Wildman–Crippen MR) is 57.3 cm³/mol. The van der Waals surface area contributed by atoms with Gasteiger partial charge in [-0.25, -0.2) is 4.39 Å². The van der Waals surface area contributed by atoms with Crippen LogP contribution in [0, 0.1) is 17.1 Å². The lowest BCUT2D eigenvalue weighted by Gasteiger charge is -2.27. The first-order valence-electron chi connectivity index (χ1n) is 4.73. The average Bonchev–Trinajstić information content (AvgIpc) is 2.28. The minimum atomic E-state index is -0.944. The third-order valence-corrected chi connectivity index (χ3v) is 2.17. The molecular weight excluding hydrogens is 211 g/mol. The van der Waals surface area contributed by atoms with Crippen LogP contribution in [0.25, 0.3) is 0 Å². The number of anilines is 1. The molecule has 5 heteroatoms. The van der Waals surface area contributed by atoms with Crippen LogP contribution < -0.4 is 5.32 Å². The number of hydrogen-bond donors (Lipinski definition) is 3. The largest absolute Gasteiger partial charge is 0.394 e. The lowest BCUT2D eigenvalue weighted by Crippen LogP contribution is -2.42. The van der Waals surface area contributed by atoms with Gasteiger partial charge >= 0.3 is 0 Å². The van der Waals surface area contributed by atoms with E-state index < -0.39 is 11.4 Å². The molecule has 3 N–H and O–H groups in total. The van der Waals surface area contributed by atoms with Crippen molar-refractivity contribution in [2.75, 3.05) is 18.5 Å². The molecule has 0 amide bonds. The zero-order chi connectivity index (χ0) is 12.2. The van der Waals surface area contributed by atoms with Crippen molar-refractivity contribution in [3.63, 3.8) is 0 Å². The fourth-order valence-corrected chi connectivity index (χ4v) is 1.20. The maximum absolute atomic E-state index is 13.1. The monoisotopic (exact) mass is 224 g/mol. The number of aliphatic hydroxyl groups excluding tert-OH is 2. The molecule has 0 radical (unpaired) electrons. The second kappa shape index (κ2) is 4.92. The maximum Gasteiger partial charge on any atom is 0.126 e. The van der Waals surface area contributed by atoms with E-state index in [0.29, 0.717) is 5.69 Å². The topological polar surface area (TPSA) is 76.3 Å². The van der Waals surface area contributed by atoms with Crippen molar-refractivity contribution < 1.29 is 14.6 Å². The van der Waals surface area contributed by atoms with E-state index >= 15 is 0 Å². The number of nitriles is 1. The molecule has 0 aliphatic heterocycles. The minimum Gasteiger partial charge on any atom is -0.394 e. The fraction of sp³-hybridized carbons (Fsp3) is 0.364. The van der Waals surface area contributed by atoms with E-state index in [1.165, 1.54) is 12.1 Å². The molecule has 1 aromatic carbocycles. The van der Waals surface area contributed by atoms with Crippen LogP contribution >= 0.6 is 0 Å². The fourth-order valence-electron chi connectivity index (χ4n) is 1.20. The van der Waals surface area contributed by atoms with Gasteiger partial charge in [-0.2, -0.15) is 5.26 Å². The smallest absolute Gasteiger partial charge is 0.126 e. The van der Waals surface area contributed by atoms with Crippen molar-refractivity contribution >= 4 is 5.69 Å². The van der Waals surface area contributed by atoms with E-state index in [9.17, 15) is 4.39 Å². The molecule has 0 saturated heterocycles. The van der Waals surface area contributed by atoms with Crippen molar-refractivity contribution in [2.45, 2.75) is 12.5 Å². The SMILES string of the molecule is CC(CO)(CO)Nc1cc(F)cc(C#N)c1. The van der Waals surface area contributed by atoms with Crippen molar-refractivity contribution in [3.8, 4) is 6.07 Å². The first-order valence-corrected chi connectivity index (χ1v) is 4.73. The van der Waals surface area contributed by atoms with Crippen LogP contribution in [0.4, 0.5) is 10.1 Å². The lowest BCUT2D eigenvalue weighted by atomic mass is 10.0. The van der Waals surface area contributed by atoms with E-state index in [4.69, 9.17) is 15.5 Å². The van der Waals surface area contributed by atoms with Crippen LogP contribution in [-0.2, 0) is 0 Å². The highest BCUT2D eigenvalue weighted by Crippen LogP contribution is 2.18. The van der Waals surface area contributed by atoms with Crippen molar-refractivity contribution in [1.29, 1.82) is 5.26 Å². The highest BCUT2D eigenvalue weighted by atomic mass is 19.1. The Kier molecular flexibility index (Phi) is 3.82. The van der Waals surface area contributed by atoms with Gasteiger partial charge in [0, 0.05) is 5.69 Å². The summed E-state index contributed by atoms with van der Waals surface area (Å²) < 4.78 is 13.1. The zero-order valence-electron chi connectivity index (χ0n) is 8.87. The van der Waals surface area contributed by atoms with Crippen molar-refractivity contribution in [1.82, 2.24) is 0 Å². The van der Waals surface area contributed by atoms with Gasteiger partial charge in [-0.05, 0) is 25.1 Å². The molecule has 0 aliphatic rings. The standard InChI is InChI=1S/C11H13FN2O2/c1-11(6-15,7-16)14-10-3-8(5-13)2-9(12)4-10/h2-4,14-16H,6-7H2,1H3. The molecule has 0 saturated carbocycles. The van der Waals surface area contributed by atoms with Crippen LogP contribution in [0.1, 0.15) is 12.5 Å². The zero-order valence-corrected chi connectivity index (χ0v) is 8.87. The summed E-state index contributed by atoms with van der Waals surface area (Å²) in [5.74, 6) is -0.542. The molecule has 86 valence electrons. The summed E-state index contributed by atoms with van der Waals surface area (Å²) in [7, 11) is 0. The van der Waals surface area contributed by atoms with Gasteiger partial charge in [-0.3, -0.25) is 0 Å². The van der Waals surface area contributed by atoms with Crippen LogP contribution in [0.2, 0.25) is 0 Å². The Balaban J connectivity index is 2.97. The van der Waals surface area contributed by atoms with Gasteiger partial charge in [0.25, 0.3) is 0 Å². The van der Waals surface area contributed by atoms with Gasteiger partial charge in [0.1, 0.15) is 5.82 Å². The second-order valence-corrected chi connectivity index (χ2v) is 3.84. The van der Waals surface area contributed by atoms with Gasteiger partial charge in [-0.1, -0.05) is 0 Å². The Morgan fingerprint density at radius 2 is 2.00 bits per heavy atom. The quantitative estimate of drug-likeness (QED) is 0.708. The summed E-state index contributed by atoms with van der Waals surface area (Å²) in [6.07, 6.45) is 0. The van der Waals surface area contributed by atoms with Gasteiger partial charge in [0.2, 0.25) is 0 Å². The molecule has 0 fully saturated rings. The number of halogens is 1. The summed E-state index contributed by atoms with van der Waals surface area (Å²) >= 11 is 0. The van der Waals surface area contributed by atoms with E-state index in [1.54, 1.807) is 6.92 Å². The molecule has 0 heterocycles. The number of benzene rings is 1. The van der Waals surface area contributed by atoms with Crippen LogP contribution in [0.5, 0.6) is 0 Å². The minimum absolute atomic E-state index is 0.181. The third-order valence-electron chi connectivity index (χ3n) is 2.17. The van der Waals surface area contributed by atoms with Crippen LogP contribution in [-0.4, -0.2) is 29.0 Å². The Morgan fingerprint density at radius 1 is 1.38 bits per heavy atom. The molecule has 1 aromatic rings. The van der Waals surface area contributed by atoms with E-state index in [-0.39, 0.29) is 18.8 Å². The average molecular weight is 224 g/mol. The van der Waals surface area contributed by atoms with Gasteiger partial charge in [0.05, 0.1) is 30.4 Å². The van der Waals surface area contributed by atoms with Crippen molar-refractivity contribution in [2.24, 2.45) is 0 Å². The summed E-state index contributed by atoms with van der Waals surface area (Å²) in [5.41, 5.74) is -0.413. The molecular formula is C11H13FN2O2. The highest BCUT2D eigenvalue weighted by molar-refractivity contribution is 5.51. The third kappa shape index (κ3) is 2.92. The number of nitrogens with one attached hydrogen (secondary N) is 1. The number of rotatable bonds is 4. The normalized spacial score (nSPS) is 10.9.